The van der Waals surface area contributed by atoms with Crippen LogP contribution in [0.1, 0.15) is 52.0 Å². The molecule has 1 fully saturated rings. The second kappa shape index (κ2) is 11.0. The Bertz CT molecular complexity index is 1030. The molecule has 1 aliphatic rings. The Balaban J connectivity index is 1.55. The number of thioether (sulfide) groups is 1. The van der Waals surface area contributed by atoms with Crippen molar-refractivity contribution >= 4 is 34.9 Å². The first-order chi connectivity index (χ1) is 15.6. The largest absolute Gasteiger partial charge is 0.294 e. The first-order valence-corrected chi connectivity index (χ1v) is 12.6. The van der Waals surface area contributed by atoms with Crippen LogP contribution in [0.4, 0.5) is 0 Å². The maximum Gasteiger partial charge on any atom is 0.167 e. The lowest BCUT2D eigenvalue weighted by Crippen LogP contribution is -2.38. The molecule has 0 heterocycles. The predicted molar refractivity (Wildman–Crippen MR) is 134 cm³/mol. The van der Waals surface area contributed by atoms with Crippen LogP contribution in [0.25, 0.3) is 0 Å². The topological polar surface area (TPSA) is 34.1 Å². The van der Waals surface area contributed by atoms with Gasteiger partial charge in [-0.05, 0) is 36.5 Å². The lowest BCUT2D eigenvalue weighted by molar-refractivity contribution is 0.0793. The van der Waals surface area contributed by atoms with E-state index in [1.165, 1.54) is 5.56 Å². The van der Waals surface area contributed by atoms with E-state index in [0.29, 0.717) is 6.42 Å². The molecule has 2 nitrogen and oxygen atoms in total. The molecule has 1 aliphatic carbocycles. The minimum Gasteiger partial charge on any atom is -0.294 e. The fraction of sp³-hybridized carbons (Fsp3) is 0.286. The second-order valence-electron chi connectivity index (χ2n) is 8.42. The van der Waals surface area contributed by atoms with Crippen LogP contribution in [0.5, 0.6) is 0 Å². The summed E-state index contributed by atoms with van der Waals surface area (Å²) in [7, 11) is 0. The number of carbonyl (C=O) groups excluding carboxylic acids is 2. The Morgan fingerprint density at radius 3 is 2.09 bits per heavy atom. The molecule has 0 aromatic heterocycles. The van der Waals surface area contributed by atoms with Gasteiger partial charge in [0.2, 0.25) is 0 Å². The monoisotopic (exact) mass is 462 g/mol. The van der Waals surface area contributed by atoms with Gasteiger partial charge < -0.3 is 0 Å². The van der Waals surface area contributed by atoms with E-state index in [9.17, 15) is 9.59 Å². The van der Waals surface area contributed by atoms with Crippen LogP contribution in [0.2, 0.25) is 5.02 Å². The number of rotatable bonds is 8. The van der Waals surface area contributed by atoms with Crippen molar-refractivity contribution in [2.75, 3.05) is 0 Å². The molecular formula is C28H27ClO2S. The molecule has 0 aliphatic heterocycles. The maximum atomic E-state index is 13.7. The average Bonchev–Trinajstić information content (AvgIpc) is 2.84. The van der Waals surface area contributed by atoms with Crippen LogP contribution in [0.3, 0.4) is 0 Å². The van der Waals surface area contributed by atoms with Gasteiger partial charge in [-0.25, -0.2) is 0 Å². The summed E-state index contributed by atoms with van der Waals surface area (Å²) in [6.45, 7) is 0. The molecule has 0 radical (unpaired) electrons. The molecule has 3 atom stereocenters. The zero-order valence-electron chi connectivity index (χ0n) is 18.0. The molecule has 0 bridgehead atoms. The van der Waals surface area contributed by atoms with Gasteiger partial charge in [0, 0.05) is 39.5 Å². The number of hydrogen-bond acceptors (Lipinski definition) is 3. The van der Waals surface area contributed by atoms with E-state index in [1.54, 1.807) is 0 Å². The maximum absolute atomic E-state index is 13.7. The first-order valence-electron chi connectivity index (χ1n) is 11.2. The van der Waals surface area contributed by atoms with E-state index in [0.717, 1.165) is 41.2 Å². The third-order valence-electron chi connectivity index (χ3n) is 6.25. The SMILES string of the molecule is O=C(C[C@H]1CCC[C@@H](SCc2ccc(Cl)cc2)[C@@H]1C(=O)c1ccccc1)c1ccccc1. The van der Waals surface area contributed by atoms with Gasteiger partial charge in [-0.15, -0.1) is 0 Å². The van der Waals surface area contributed by atoms with Gasteiger partial charge in [0.25, 0.3) is 0 Å². The summed E-state index contributed by atoms with van der Waals surface area (Å²) in [4.78, 5) is 26.7. The molecule has 4 heteroatoms. The van der Waals surface area contributed by atoms with Gasteiger partial charge in [0.05, 0.1) is 0 Å². The fourth-order valence-corrected chi connectivity index (χ4v) is 6.21. The Morgan fingerprint density at radius 1 is 0.812 bits per heavy atom. The summed E-state index contributed by atoms with van der Waals surface area (Å²) >= 11 is 7.87. The Kier molecular flexibility index (Phi) is 7.83. The van der Waals surface area contributed by atoms with E-state index < -0.39 is 0 Å². The van der Waals surface area contributed by atoms with Crippen molar-refractivity contribution in [2.45, 2.75) is 36.7 Å². The molecule has 32 heavy (non-hydrogen) atoms. The highest BCUT2D eigenvalue weighted by atomic mass is 35.5. The van der Waals surface area contributed by atoms with Gasteiger partial charge in [0.1, 0.15) is 0 Å². The number of Topliss-reactive ketones (excluding diaryl/α,β-unsaturated/α-hetero) is 2. The summed E-state index contributed by atoms with van der Waals surface area (Å²) in [5, 5.41) is 0.925. The van der Waals surface area contributed by atoms with Gasteiger partial charge in [-0.2, -0.15) is 11.8 Å². The Morgan fingerprint density at radius 2 is 1.44 bits per heavy atom. The van der Waals surface area contributed by atoms with E-state index >= 15 is 0 Å². The van der Waals surface area contributed by atoms with Crippen LogP contribution in [-0.4, -0.2) is 16.8 Å². The molecule has 0 spiro atoms. The highest BCUT2D eigenvalue weighted by Crippen LogP contribution is 2.42. The van der Waals surface area contributed by atoms with E-state index in [2.05, 4.69) is 0 Å². The number of benzene rings is 3. The van der Waals surface area contributed by atoms with E-state index in [4.69, 9.17) is 11.6 Å². The fourth-order valence-electron chi connectivity index (χ4n) is 4.60. The van der Waals surface area contributed by atoms with Crippen LogP contribution in [-0.2, 0) is 5.75 Å². The normalized spacial score (nSPS) is 20.6. The number of halogens is 1. The van der Waals surface area contributed by atoms with E-state index in [1.807, 2.05) is 96.7 Å². The van der Waals surface area contributed by atoms with Crippen LogP contribution < -0.4 is 0 Å². The van der Waals surface area contributed by atoms with Crippen molar-refractivity contribution < 1.29 is 9.59 Å². The van der Waals surface area contributed by atoms with Crippen LogP contribution >= 0.6 is 23.4 Å². The van der Waals surface area contributed by atoms with Crippen molar-refractivity contribution in [1.29, 1.82) is 0 Å². The summed E-state index contributed by atoms with van der Waals surface area (Å²) in [6.07, 6.45) is 3.38. The highest BCUT2D eigenvalue weighted by Gasteiger charge is 2.39. The lowest BCUT2D eigenvalue weighted by atomic mass is 9.72. The number of carbonyl (C=O) groups is 2. The van der Waals surface area contributed by atoms with Gasteiger partial charge in [0.15, 0.2) is 11.6 Å². The molecule has 0 unspecified atom stereocenters. The molecule has 3 aromatic rings. The first kappa shape index (κ1) is 22.8. The van der Waals surface area contributed by atoms with Crippen molar-refractivity contribution in [3.63, 3.8) is 0 Å². The molecule has 0 N–H and O–H groups in total. The molecule has 4 rings (SSSR count). The van der Waals surface area contributed by atoms with Crippen LogP contribution in [0.15, 0.2) is 84.9 Å². The third kappa shape index (κ3) is 5.70. The zero-order valence-corrected chi connectivity index (χ0v) is 19.5. The number of hydrogen-bond donors (Lipinski definition) is 0. The Hall–Kier alpha value is -2.36. The molecule has 0 amide bonds. The minimum atomic E-state index is -0.156. The molecular weight excluding hydrogens is 436 g/mol. The standard InChI is InChI=1S/C28H27ClO2S/c29-24-16-14-20(15-17-24)19-32-26-13-7-12-23(18-25(30)21-8-3-1-4-9-21)27(26)28(31)22-10-5-2-6-11-22/h1-6,8-11,14-17,23,26-27H,7,12-13,18-19H2/t23-,26-,27-/m1/s1. The molecule has 3 aromatic carbocycles. The molecule has 1 saturated carbocycles. The van der Waals surface area contributed by atoms with Crippen molar-refractivity contribution in [3.8, 4) is 0 Å². The van der Waals surface area contributed by atoms with Crippen molar-refractivity contribution in [2.24, 2.45) is 11.8 Å². The average molecular weight is 463 g/mol. The third-order valence-corrected chi connectivity index (χ3v) is 7.96. The smallest absolute Gasteiger partial charge is 0.167 e. The Labute approximate surface area is 199 Å². The summed E-state index contributed by atoms with van der Waals surface area (Å²) in [5.74, 6) is 1.04. The summed E-state index contributed by atoms with van der Waals surface area (Å²) < 4.78 is 0. The minimum absolute atomic E-state index is 0.0619. The van der Waals surface area contributed by atoms with Gasteiger partial charge in [-0.3, -0.25) is 9.59 Å². The lowest BCUT2D eigenvalue weighted by Gasteiger charge is -2.37. The summed E-state index contributed by atoms with van der Waals surface area (Å²) in [5.41, 5.74) is 2.68. The zero-order chi connectivity index (χ0) is 22.3. The van der Waals surface area contributed by atoms with Gasteiger partial charge >= 0.3 is 0 Å². The predicted octanol–water partition coefficient (Wildman–Crippen LogP) is 7.51. The van der Waals surface area contributed by atoms with Crippen molar-refractivity contribution in [3.05, 3.63) is 107 Å². The van der Waals surface area contributed by atoms with Crippen molar-refractivity contribution in [1.82, 2.24) is 0 Å². The van der Waals surface area contributed by atoms with Gasteiger partial charge in [-0.1, -0.05) is 90.8 Å². The van der Waals surface area contributed by atoms with Crippen LogP contribution in [0, 0.1) is 11.8 Å². The second-order valence-corrected chi connectivity index (χ2v) is 10.1. The summed E-state index contributed by atoms with van der Waals surface area (Å²) in [6, 6.07) is 26.9. The van der Waals surface area contributed by atoms with E-state index in [-0.39, 0.29) is 28.7 Å². The molecule has 164 valence electrons. The number of ketones is 2. The molecule has 0 saturated heterocycles. The highest BCUT2D eigenvalue weighted by molar-refractivity contribution is 7.99. The quantitative estimate of drug-likeness (QED) is 0.325.